The van der Waals surface area contributed by atoms with Crippen LogP contribution in [-0.4, -0.2) is 43.7 Å². The molecule has 148 valence electrons. The largest absolute Gasteiger partial charge is 0.493 e. The molecule has 0 saturated heterocycles. The van der Waals surface area contributed by atoms with E-state index in [1.165, 1.54) is 22.3 Å². The van der Waals surface area contributed by atoms with Crippen LogP contribution in [0.3, 0.4) is 0 Å². The molecule has 0 aromatic heterocycles. The van der Waals surface area contributed by atoms with Crippen molar-refractivity contribution in [2.45, 2.75) is 31.8 Å². The van der Waals surface area contributed by atoms with Crippen molar-refractivity contribution >= 4 is 0 Å². The molecule has 0 saturated carbocycles. The normalized spacial score (nSPS) is 19.6. The predicted molar refractivity (Wildman–Crippen MR) is 103 cm³/mol. The van der Waals surface area contributed by atoms with Crippen molar-refractivity contribution in [3.8, 4) is 23.0 Å². The van der Waals surface area contributed by atoms with Crippen molar-refractivity contribution in [3.05, 3.63) is 46.5 Å². The number of rotatable bonds is 5. The number of hydrogen-bond acceptors (Lipinski definition) is 6. The van der Waals surface area contributed by atoms with Gasteiger partial charge in [0.2, 0.25) is 6.79 Å². The summed E-state index contributed by atoms with van der Waals surface area (Å²) >= 11 is 0. The SMILES string of the molecule is COc1cc2c(cc1OCCCO)CC1c3cc4c(cc3CCN1C2)OCO4. The molecule has 28 heavy (non-hydrogen) atoms. The second-order valence-electron chi connectivity index (χ2n) is 7.54. The summed E-state index contributed by atoms with van der Waals surface area (Å²) in [6.45, 7) is 2.85. The van der Waals surface area contributed by atoms with Gasteiger partial charge in [-0.2, -0.15) is 0 Å². The molecule has 3 aliphatic heterocycles. The van der Waals surface area contributed by atoms with Crippen molar-refractivity contribution < 1.29 is 24.1 Å². The molecule has 2 aromatic rings. The van der Waals surface area contributed by atoms with E-state index in [-0.39, 0.29) is 6.61 Å². The van der Waals surface area contributed by atoms with E-state index in [1.54, 1.807) is 7.11 Å². The van der Waals surface area contributed by atoms with Crippen molar-refractivity contribution in [3.63, 3.8) is 0 Å². The average molecular weight is 383 g/mol. The third-order valence-electron chi connectivity index (χ3n) is 5.94. The number of methoxy groups -OCH3 is 1. The van der Waals surface area contributed by atoms with E-state index in [4.69, 9.17) is 24.1 Å². The molecule has 3 aliphatic rings. The minimum Gasteiger partial charge on any atom is -0.493 e. The number of aliphatic hydroxyl groups excluding tert-OH is 1. The monoisotopic (exact) mass is 383 g/mol. The zero-order valence-corrected chi connectivity index (χ0v) is 16.1. The molecule has 0 radical (unpaired) electrons. The van der Waals surface area contributed by atoms with Crippen LogP contribution in [0.5, 0.6) is 23.0 Å². The average Bonchev–Trinajstić information content (AvgIpc) is 3.18. The topological polar surface area (TPSA) is 60.4 Å². The van der Waals surface area contributed by atoms with Crippen molar-refractivity contribution in [2.75, 3.05) is 33.7 Å². The Morgan fingerprint density at radius 3 is 2.71 bits per heavy atom. The maximum Gasteiger partial charge on any atom is 0.231 e. The maximum absolute atomic E-state index is 9.02. The van der Waals surface area contributed by atoms with Gasteiger partial charge in [-0.3, -0.25) is 4.90 Å². The Hall–Kier alpha value is -2.44. The second-order valence-corrected chi connectivity index (χ2v) is 7.54. The van der Waals surface area contributed by atoms with Crippen LogP contribution < -0.4 is 18.9 Å². The maximum atomic E-state index is 9.02. The lowest BCUT2D eigenvalue weighted by Gasteiger charge is -2.41. The van der Waals surface area contributed by atoms with Gasteiger partial charge in [-0.25, -0.2) is 0 Å². The first-order valence-corrected chi connectivity index (χ1v) is 9.86. The molecule has 0 spiro atoms. The predicted octanol–water partition coefficient (Wildman–Crippen LogP) is 2.84. The summed E-state index contributed by atoms with van der Waals surface area (Å²) in [5.74, 6) is 3.24. The highest BCUT2D eigenvalue weighted by Crippen LogP contribution is 2.45. The molecule has 6 nitrogen and oxygen atoms in total. The fraction of sp³-hybridized carbons (Fsp3) is 0.455. The summed E-state index contributed by atoms with van der Waals surface area (Å²) in [5, 5.41) is 9.02. The molecule has 2 aromatic carbocycles. The first-order valence-electron chi connectivity index (χ1n) is 9.86. The van der Waals surface area contributed by atoms with Gasteiger partial charge >= 0.3 is 0 Å². The van der Waals surface area contributed by atoms with E-state index < -0.39 is 0 Å². The van der Waals surface area contributed by atoms with E-state index in [0.717, 1.165) is 48.9 Å². The van der Waals surface area contributed by atoms with Gasteiger partial charge < -0.3 is 24.1 Å². The molecule has 6 heteroatoms. The van der Waals surface area contributed by atoms with Gasteiger partial charge in [0.05, 0.1) is 13.7 Å². The summed E-state index contributed by atoms with van der Waals surface area (Å²) in [4.78, 5) is 2.54. The van der Waals surface area contributed by atoms with Crippen LogP contribution in [0.25, 0.3) is 0 Å². The van der Waals surface area contributed by atoms with Gasteiger partial charge in [0, 0.05) is 32.2 Å². The quantitative estimate of drug-likeness (QED) is 0.802. The molecule has 0 fully saturated rings. The Labute approximate surface area is 164 Å². The van der Waals surface area contributed by atoms with Crippen LogP contribution in [0, 0.1) is 0 Å². The Kier molecular flexibility index (Phi) is 4.53. The highest BCUT2D eigenvalue weighted by atomic mass is 16.7. The van der Waals surface area contributed by atoms with Crippen LogP contribution in [0.2, 0.25) is 0 Å². The zero-order valence-electron chi connectivity index (χ0n) is 16.1. The van der Waals surface area contributed by atoms with E-state index in [1.807, 2.05) is 0 Å². The van der Waals surface area contributed by atoms with Crippen LogP contribution in [0.1, 0.15) is 34.7 Å². The van der Waals surface area contributed by atoms with Crippen LogP contribution in [-0.2, 0) is 19.4 Å². The molecular weight excluding hydrogens is 358 g/mol. The van der Waals surface area contributed by atoms with Gasteiger partial charge in [-0.05, 0) is 59.4 Å². The number of fused-ring (bicyclic) bond motifs is 5. The number of nitrogens with zero attached hydrogens (tertiary/aromatic N) is 1. The minimum atomic E-state index is 0.122. The molecule has 5 rings (SSSR count). The number of ether oxygens (including phenoxy) is 4. The van der Waals surface area contributed by atoms with Crippen molar-refractivity contribution in [1.82, 2.24) is 4.90 Å². The fourth-order valence-corrected chi connectivity index (χ4v) is 4.50. The van der Waals surface area contributed by atoms with Gasteiger partial charge in [-0.15, -0.1) is 0 Å². The molecule has 1 unspecified atom stereocenters. The van der Waals surface area contributed by atoms with E-state index >= 15 is 0 Å². The molecule has 0 amide bonds. The molecule has 0 bridgehead atoms. The standard InChI is InChI=1S/C22H25NO5/c1-25-19-10-16-12-23-4-3-14-8-21-22(28-13-27-21)11-17(14)18(23)7-15(16)9-20(19)26-6-2-5-24/h8-11,18,24H,2-7,12-13H2,1H3. The van der Waals surface area contributed by atoms with E-state index in [2.05, 4.69) is 29.2 Å². The van der Waals surface area contributed by atoms with Crippen molar-refractivity contribution in [1.29, 1.82) is 0 Å². The number of benzene rings is 2. The third-order valence-corrected chi connectivity index (χ3v) is 5.94. The van der Waals surface area contributed by atoms with E-state index in [9.17, 15) is 0 Å². The van der Waals surface area contributed by atoms with Gasteiger partial charge in [-0.1, -0.05) is 0 Å². The van der Waals surface area contributed by atoms with Gasteiger partial charge in [0.15, 0.2) is 23.0 Å². The lowest BCUT2D eigenvalue weighted by atomic mass is 9.83. The molecular formula is C22H25NO5. The van der Waals surface area contributed by atoms with Crippen LogP contribution >= 0.6 is 0 Å². The smallest absolute Gasteiger partial charge is 0.231 e. The first kappa shape index (κ1) is 17.6. The Balaban J connectivity index is 1.47. The molecule has 3 heterocycles. The minimum absolute atomic E-state index is 0.122. The summed E-state index contributed by atoms with van der Waals surface area (Å²) < 4.78 is 22.6. The number of hydrogen-bond donors (Lipinski definition) is 1. The number of aliphatic hydroxyl groups is 1. The lowest BCUT2D eigenvalue weighted by molar-refractivity contribution is 0.159. The van der Waals surface area contributed by atoms with Gasteiger partial charge in [0.1, 0.15) is 0 Å². The Bertz CT molecular complexity index is 897. The zero-order chi connectivity index (χ0) is 19.1. The lowest BCUT2D eigenvalue weighted by Crippen LogP contribution is -2.39. The van der Waals surface area contributed by atoms with E-state index in [0.29, 0.717) is 25.9 Å². The summed E-state index contributed by atoms with van der Waals surface area (Å²) in [6.07, 6.45) is 2.57. The van der Waals surface area contributed by atoms with Crippen LogP contribution in [0.4, 0.5) is 0 Å². The second kappa shape index (κ2) is 7.18. The third kappa shape index (κ3) is 2.97. The summed E-state index contributed by atoms with van der Waals surface area (Å²) in [7, 11) is 1.67. The fourth-order valence-electron chi connectivity index (χ4n) is 4.50. The molecule has 1 N–H and O–H groups in total. The van der Waals surface area contributed by atoms with Crippen molar-refractivity contribution in [2.24, 2.45) is 0 Å². The molecule has 0 aliphatic carbocycles. The first-order chi connectivity index (χ1) is 13.8. The molecule has 1 atom stereocenters. The highest BCUT2D eigenvalue weighted by Gasteiger charge is 2.34. The highest BCUT2D eigenvalue weighted by molar-refractivity contribution is 5.53. The van der Waals surface area contributed by atoms with Gasteiger partial charge in [0.25, 0.3) is 0 Å². The summed E-state index contributed by atoms with van der Waals surface area (Å²) in [5.41, 5.74) is 5.31. The van der Waals surface area contributed by atoms with Crippen LogP contribution in [0.15, 0.2) is 24.3 Å². The Morgan fingerprint density at radius 1 is 1.07 bits per heavy atom. The Morgan fingerprint density at radius 2 is 1.89 bits per heavy atom. The summed E-state index contributed by atoms with van der Waals surface area (Å²) in [6, 6.07) is 8.88.